The van der Waals surface area contributed by atoms with Gasteiger partial charge >= 0.3 is 0 Å². The molecule has 0 saturated carbocycles. The van der Waals surface area contributed by atoms with E-state index in [9.17, 15) is 0 Å². The summed E-state index contributed by atoms with van der Waals surface area (Å²) in [5.41, 5.74) is 1.27. The van der Waals surface area contributed by atoms with Gasteiger partial charge in [0.2, 0.25) is 0 Å². The van der Waals surface area contributed by atoms with Crippen LogP contribution in [0, 0.1) is 0 Å². The van der Waals surface area contributed by atoms with Gasteiger partial charge in [-0.2, -0.15) is 0 Å². The van der Waals surface area contributed by atoms with E-state index in [0.717, 1.165) is 44.1 Å². The van der Waals surface area contributed by atoms with E-state index in [-0.39, 0.29) is 6.04 Å². The van der Waals surface area contributed by atoms with Crippen LogP contribution in [0.15, 0.2) is 30.3 Å². The van der Waals surface area contributed by atoms with Crippen molar-refractivity contribution in [1.29, 1.82) is 0 Å². The van der Waals surface area contributed by atoms with Crippen molar-refractivity contribution in [2.45, 2.75) is 25.8 Å². The third kappa shape index (κ3) is 4.17. The van der Waals surface area contributed by atoms with Crippen LogP contribution in [0.1, 0.15) is 34.7 Å². The number of rotatable bonds is 6. The Morgan fingerprint density at radius 3 is 2.64 bits per heavy atom. The third-order valence-corrected chi connectivity index (χ3v) is 6.05. The maximum absolute atomic E-state index is 5.55. The van der Waals surface area contributed by atoms with E-state index < -0.39 is 0 Å². The van der Waals surface area contributed by atoms with Crippen molar-refractivity contribution >= 4 is 11.3 Å². The Morgan fingerprint density at radius 2 is 1.92 bits per heavy atom. The Labute approximate surface area is 154 Å². The number of nitrogens with zero attached hydrogens (tertiary/aromatic N) is 1. The van der Waals surface area contributed by atoms with Gasteiger partial charge in [0.1, 0.15) is 0 Å². The fourth-order valence-electron chi connectivity index (χ4n) is 3.43. The predicted molar refractivity (Wildman–Crippen MR) is 104 cm³/mol. The van der Waals surface area contributed by atoms with Gasteiger partial charge in [0.05, 0.1) is 20.3 Å². The van der Waals surface area contributed by atoms with E-state index >= 15 is 0 Å². The van der Waals surface area contributed by atoms with Crippen molar-refractivity contribution in [2.75, 3.05) is 40.4 Å². The number of hydrogen-bond donors (Lipinski definition) is 1. The van der Waals surface area contributed by atoms with Crippen LogP contribution in [0.3, 0.4) is 0 Å². The number of benzene rings is 1. The molecule has 1 aromatic carbocycles. The fraction of sp³-hybridized carbons (Fsp3) is 0.500. The van der Waals surface area contributed by atoms with Gasteiger partial charge in [-0.15, -0.1) is 11.3 Å². The van der Waals surface area contributed by atoms with Crippen LogP contribution >= 0.6 is 11.3 Å². The number of nitrogens with one attached hydrogen (secondary N) is 1. The van der Waals surface area contributed by atoms with Crippen molar-refractivity contribution in [3.63, 3.8) is 0 Å². The molecular weight excluding hydrogens is 332 g/mol. The molecule has 0 aliphatic carbocycles. The summed E-state index contributed by atoms with van der Waals surface area (Å²) >= 11 is 1.93. The first-order valence-corrected chi connectivity index (χ1v) is 9.83. The summed E-state index contributed by atoms with van der Waals surface area (Å²) in [5.74, 6) is 1.58. The van der Waals surface area contributed by atoms with E-state index in [4.69, 9.17) is 9.47 Å². The minimum Gasteiger partial charge on any atom is -0.493 e. The smallest absolute Gasteiger partial charge is 0.161 e. The number of hydrogen-bond acceptors (Lipinski definition) is 5. The topological polar surface area (TPSA) is 33.7 Å². The van der Waals surface area contributed by atoms with Crippen LogP contribution in [-0.4, -0.2) is 45.3 Å². The first-order chi connectivity index (χ1) is 12.3. The van der Waals surface area contributed by atoms with E-state index in [2.05, 4.69) is 41.4 Å². The molecule has 1 aliphatic heterocycles. The summed E-state index contributed by atoms with van der Waals surface area (Å²) in [5, 5.41) is 3.51. The van der Waals surface area contributed by atoms with Gasteiger partial charge in [-0.1, -0.05) is 13.0 Å². The molecule has 136 valence electrons. The van der Waals surface area contributed by atoms with Crippen molar-refractivity contribution in [1.82, 2.24) is 10.2 Å². The fourth-order valence-corrected chi connectivity index (χ4v) is 4.55. The Morgan fingerprint density at radius 1 is 1.08 bits per heavy atom. The van der Waals surface area contributed by atoms with Crippen LogP contribution in [0.5, 0.6) is 11.5 Å². The Hall–Kier alpha value is -1.56. The molecule has 3 rings (SSSR count). The van der Waals surface area contributed by atoms with Crippen LogP contribution in [-0.2, 0) is 6.42 Å². The Kier molecular flexibility index (Phi) is 6.34. The third-order valence-electron chi connectivity index (χ3n) is 4.76. The standard InChI is InChI=1S/C20H28N2O2S/c1-4-16-7-9-19(25-16)20(22-12-5-10-21-11-13-22)15-6-8-17(23-2)18(14-15)24-3/h6-9,14,20-21H,4-5,10-13H2,1-3H3. The zero-order valence-corrected chi connectivity index (χ0v) is 16.2. The number of thiophene rings is 1. The summed E-state index contributed by atoms with van der Waals surface area (Å²) < 4.78 is 11.0. The highest BCUT2D eigenvalue weighted by molar-refractivity contribution is 7.12. The first kappa shape index (κ1) is 18.2. The van der Waals surface area contributed by atoms with Crippen LogP contribution in [0.25, 0.3) is 0 Å². The largest absolute Gasteiger partial charge is 0.493 e. The average molecular weight is 361 g/mol. The van der Waals surface area contributed by atoms with Gasteiger partial charge in [-0.3, -0.25) is 4.90 Å². The lowest BCUT2D eigenvalue weighted by molar-refractivity contribution is 0.243. The molecule has 1 unspecified atom stereocenters. The van der Waals surface area contributed by atoms with Crippen LogP contribution < -0.4 is 14.8 Å². The molecule has 2 heterocycles. The van der Waals surface area contributed by atoms with E-state index in [1.807, 2.05) is 17.4 Å². The normalized spacial score (nSPS) is 17.1. The molecule has 0 bridgehead atoms. The van der Waals surface area contributed by atoms with Gasteiger partial charge < -0.3 is 14.8 Å². The summed E-state index contributed by atoms with van der Waals surface area (Å²) in [4.78, 5) is 5.44. The molecule has 1 aromatic heterocycles. The highest BCUT2D eigenvalue weighted by Gasteiger charge is 2.25. The van der Waals surface area contributed by atoms with Gasteiger partial charge in [-0.05, 0) is 49.2 Å². The van der Waals surface area contributed by atoms with E-state index in [0.29, 0.717) is 0 Å². The van der Waals surface area contributed by atoms with E-state index in [1.54, 1.807) is 14.2 Å². The summed E-state index contributed by atoms with van der Waals surface area (Å²) in [7, 11) is 3.38. The minimum absolute atomic E-state index is 0.269. The number of ether oxygens (including phenoxy) is 2. The summed E-state index contributed by atoms with van der Waals surface area (Å²) in [6.45, 7) is 6.51. The van der Waals surface area contributed by atoms with Crippen molar-refractivity contribution in [2.24, 2.45) is 0 Å². The van der Waals surface area contributed by atoms with E-state index in [1.165, 1.54) is 21.7 Å². The van der Waals surface area contributed by atoms with Crippen LogP contribution in [0.2, 0.25) is 0 Å². The lowest BCUT2D eigenvalue weighted by atomic mass is 10.0. The zero-order valence-electron chi connectivity index (χ0n) is 15.4. The molecule has 5 heteroatoms. The second-order valence-electron chi connectivity index (χ2n) is 6.31. The molecule has 25 heavy (non-hydrogen) atoms. The quantitative estimate of drug-likeness (QED) is 0.851. The molecule has 0 spiro atoms. The average Bonchev–Trinajstić information content (AvgIpc) is 2.96. The second-order valence-corrected chi connectivity index (χ2v) is 7.51. The molecular formula is C20H28N2O2S. The molecule has 0 amide bonds. The van der Waals surface area contributed by atoms with Crippen molar-refractivity contribution in [3.8, 4) is 11.5 Å². The second kappa shape index (κ2) is 8.70. The molecule has 4 nitrogen and oxygen atoms in total. The summed E-state index contributed by atoms with van der Waals surface area (Å²) in [6.07, 6.45) is 2.26. The Bertz CT molecular complexity index is 678. The highest BCUT2D eigenvalue weighted by atomic mass is 32.1. The SMILES string of the molecule is CCc1ccc(C(c2ccc(OC)c(OC)c2)N2CCCNCC2)s1. The monoisotopic (exact) mass is 360 g/mol. The first-order valence-electron chi connectivity index (χ1n) is 9.02. The van der Waals surface area contributed by atoms with Crippen molar-refractivity contribution < 1.29 is 9.47 Å². The molecule has 1 N–H and O–H groups in total. The van der Waals surface area contributed by atoms with Gasteiger partial charge in [0.15, 0.2) is 11.5 Å². The number of aryl methyl sites for hydroxylation is 1. The predicted octanol–water partition coefficient (Wildman–Crippen LogP) is 3.71. The molecule has 0 radical (unpaired) electrons. The molecule has 1 atom stereocenters. The minimum atomic E-state index is 0.269. The van der Waals surface area contributed by atoms with Crippen molar-refractivity contribution in [3.05, 3.63) is 45.6 Å². The molecule has 1 saturated heterocycles. The lowest BCUT2D eigenvalue weighted by Gasteiger charge is -2.30. The zero-order chi connectivity index (χ0) is 17.6. The maximum Gasteiger partial charge on any atom is 0.161 e. The highest BCUT2D eigenvalue weighted by Crippen LogP contribution is 2.38. The summed E-state index contributed by atoms with van der Waals surface area (Å²) in [6, 6.07) is 11.2. The van der Waals surface area contributed by atoms with Crippen LogP contribution in [0.4, 0.5) is 0 Å². The molecule has 2 aromatic rings. The Balaban J connectivity index is 2.00. The number of methoxy groups -OCH3 is 2. The molecule has 1 fully saturated rings. The molecule has 1 aliphatic rings. The van der Waals surface area contributed by atoms with Gasteiger partial charge in [0.25, 0.3) is 0 Å². The van der Waals surface area contributed by atoms with Gasteiger partial charge in [0, 0.05) is 29.4 Å². The maximum atomic E-state index is 5.55. The lowest BCUT2D eigenvalue weighted by Crippen LogP contribution is -2.32. The van der Waals surface area contributed by atoms with Gasteiger partial charge in [-0.25, -0.2) is 0 Å².